The van der Waals surface area contributed by atoms with Gasteiger partial charge < -0.3 is 15.3 Å². The fraction of sp³-hybridized carbons (Fsp3) is 0.769. The molecule has 2 N–H and O–H groups in total. The third-order valence-electron chi connectivity index (χ3n) is 3.39. The van der Waals surface area contributed by atoms with Crippen molar-refractivity contribution in [3.8, 4) is 0 Å². The van der Waals surface area contributed by atoms with Gasteiger partial charge in [0, 0.05) is 39.4 Å². The standard InChI is InChI=1S/C13H22N2O4/c1-10(16)14-9-11-5-7-15(8-6-11)12(17)3-2-4-13(18)19/h11H,2-9H2,1H3,(H,14,16)(H,18,19). The van der Waals surface area contributed by atoms with Gasteiger partial charge in [0.05, 0.1) is 0 Å². The lowest BCUT2D eigenvalue weighted by Crippen LogP contribution is -2.41. The van der Waals surface area contributed by atoms with Crippen LogP contribution in [0.1, 0.15) is 39.0 Å². The molecule has 2 amide bonds. The average molecular weight is 270 g/mol. The number of nitrogens with zero attached hydrogens (tertiary/aromatic N) is 1. The van der Waals surface area contributed by atoms with E-state index < -0.39 is 5.97 Å². The van der Waals surface area contributed by atoms with Gasteiger partial charge in [-0.3, -0.25) is 14.4 Å². The number of piperidine rings is 1. The quantitative estimate of drug-likeness (QED) is 0.740. The van der Waals surface area contributed by atoms with Gasteiger partial charge in [-0.1, -0.05) is 0 Å². The van der Waals surface area contributed by atoms with Gasteiger partial charge in [-0.2, -0.15) is 0 Å². The molecule has 0 bridgehead atoms. The molecular formula is C13H22N2O4. The van der Waals surface area contributed by atoms with E-state index in [1.165, 1.54) is 6.92 Å². The average Bonchev–Trinajstić information content (AvgIpc) is 2.36. The summed E-state index contributed by atoms with van der Waals surface area (Å²) in [5.74, 6) is -0.403. The predicted octanol–water partition coefficient (Wildman–Crippen LogP) is 0.616. The summed E-state index contributed by atoms with van der Waals surface area (Å²) >= 11 is 0. The number of hydrogen-bond donors (Lipinski definition) is 2. The molecule has 6 heteroatoms. The monoisotopic (exact) mass is 270 g/mol. The van der Waals surface area contributed by atoms with E-state index in [-0.39, 0.29) is 18.2 Å². The third-order valence-corrected chi connectivity index (χ3v) is 3.39. The smallest absolute Gasteiger partial charge is 0.303 e. The van der Waals surface area contributed by atoms with Crippen LogP contribution in [0, 0.1) is 5.92 Å². The number of carbonyl (C=O) groups excluding carboxylic acids is 2. The summed E-state index contributed by atoms with van der Waals surface area (Å²) in [4.78, 5) is 34.8. The fourth-order valence-electron chi connectivity index (χ4n) is 2.22. The lowest BCUT2D eigenvalue weighted by molar-refractivity contribution is -0.137. The minimum Gasteiger partial charge on any atom is -0.481 e. The van der Waals surface area contributed by atoms with Crippen molar-refractivity contribution in [1.29, 1.82) is 0 Å². The van der Waals surface area contributed by atoms with Gasteiger partial charge in [0.2, 0.25) is 11.8 Å². The van der Waals surface area contributed by atoms with Gasteiger partial charge in [0.25, 0.3) is 0 Å². The van der Waals surface area contributed by atoms with Gasteiger partial charge >= 0.3 is 5.97 Å². The van der Waals surface area contributed by atoms with Crippen LogP contribution in [0.25, 0.3) is 0 Å². The van der Waals surface area contributed by atoms with Gasteiger partial charge in [-0.25, -0.2) is 0 Å². The largest absolute Gasteiger partial charge is 0.481 e. The Morgan fingerprint density at radius 1 is 1.21 bits per heavy atom. The predicted molar refractivity (Wildman–Crippen MR) is 69.5 cm³/mol. The molecule has 1 aliphatic rings. The number of carboxylic acids is 1. The minimum absolute atomic E-state index is 0.0211. The Hall–Kier alpha value is -1.59. The van der Waals surface area contributed by atoms with Crippen LogP contribution in [-0.2, 0) is 14.4 Å². The Morgan fingerprint density at radius 3 is 2.37 bits per heavy atom. The number of nitrogens with one attached hydrogen (secondary N) is 1. The summed E-state index contributed by atoms with van der Waals surface area (Å²) in [6.45, 7) is 3.59. The highest BCUT2D eigenvalue weighted by Crippen LogP contribution is 2.17. The van der Waals surface area contributed by atoms with E-state index in [2.05, 4.69) is 5.32 Å². The molecule has 19 heavy (non-hydrogen) atoms. The van der Waals surface area contributed by atoms with Gasteiger partial charge in [-0.15, -0.1) is 0 Å². The Morgan fingerprint density at radius 2 is 1.84 bits per heavy atom. The van der Waals surface area contributed by atoms with E-state index >= 15 is 0 Å². The normalized spacial score (nSPS) is 16.2. The third kappa shape index (κ3) is 6.22. The van der Waals surface area contributed by atoms with E-state index in [0.29, 0.717) is 38.4 Å². The Bertz CT molecular complexity index is 336. The van der Waals surface area contributed by atoms with Crippen LogP contribution in [0.5, 0.6) is 0 Å². The summed E-state index contributed by atoms with van der Waals surface area (Å²) in [5.41, 5.74) is 0. The number of likely N-dealkylation sites (tertiary alicyclic amines) is 1. The molecule has 1 fully saturated rings. The Kier molecular flexibility index (Phi) is 6.32. The van der Waals surface area contributed by atoms with Crippen LogP contribution in [-0.4, -0.2) is 47.4 Å². The zero-order chi connectivity index (χ0) is 14.3. The first-order valence-electron chi connectivity index (χ1n) is 6.73. The van der Waals surface area contributed by atoms with Crippen molar-refractivity contribution in [2.45, 2.75) is 39.0 Å². The highest BCUT2D eigenvalue weighted by Gasteiger charge is 2.22. The second kappa shape index (κ2) is 7.76. The zero-order valence-corrected chi connectivity index (χ0v) is 11.4. The van der Waals surface area contributed by atoms with Crippen molar-refractivity contribution in [2.24, 2.45) is 5.92 Å². The molecule has 6 nitrogen and oxygen atoms in total. The molecule has 1 saturated heterocycles. The molecule has 1 heterocycles. The highest BCUT2D eigenvalue weighted by atomic mass is 16.4. The second-order valence-electron chi connectivity index (χ2n) is 5.01. The molecule has 108 valence electrons. The van der Waals surface area contributed by atoms with Gasteiger partial charge in [0.15, 0.2) is 0 Å². The van der Waals surface area contributed by atoms with Crippen molar-refractivity contribution < 1.29 is 19.5 Å². The molecular weight excluding hydrogens is 248 g/mol. The first kappa shape index (κ1) is 15.5. The van der Waals surface area contributed by atoms with Crippen molar-refractivity contribution in [3.05, 3.63) is 0 Å². The van der Waals surface area contributed by atoms with Crippen molar-refractivity contribution >= 4 is 17.8 Å². The van der Waals surface area contributed by atoms with Crippen LogP contribution < -0.4 is 5.32 Å². The number of amides is 2. The second-order valence-corrected chi connectivity index (χ2v) is 5.01. The first-order valence-corrected chi connectivity index (χ1v) is 6.73. The maximum Gasteiger partial charge on any atom is 0.303 e. The molecule has 0 saturated carbocycles. The zero-order valence-electron chi connectivity index (χ0n) is 11.4. The maximum atomic E-state index is 11.8. The van der Waals surface area contributed by atoms with Crippen molar-refractivity contribution in [3.63, 3.8) is 0 Å². The summed E-state index contributed by atoms with van der Waals surface area (Å²) in [5, 5.41) is 11.3. The van der Waals surface area contributed by atoms with Gasteiger partial charge in [-0.05, 0) is 25.2 Å². The molecule has 0 aliphatic carbocycles. The van der Waals surface area contributed by atoms with E-state index in [1.54, 1.807) is 4.90 Å². The molecule has 1 rings (SSSR count). The number of hydrogen-bond acceptors (Lipinski definition) is 3. The Labute approximate surface area is 113 Å². The number of aliphatic carboxylic acids is 1. The Balaban J connectivity index is 2.19. The van der Waals surface area contributed by atoms with Crippen LogP contribution in [0.15, 0.2) is 0 Å². The summed E-state index contributed by atoms with van der Waals surface area (Å²) in [6, 6.07) is 0. The lowest BCUT2D eigenvalue weighted by atomic mass is 9.96. The van der Waals surface area contributed by atoms with Crippen LogP contribution in [0.2, 0.25) is 0 Å². The van der Waals surface area contributed by atoms with Crippen LogP contribution >= 0.6 is 0 Å². The molecule has 0 aromatic carbocycles. The first-order chi connectivity index (χ1) is 8.99. The number of carbonyl (C=O) groups is 3. The molecule has 1 aliphatic heterocycles. The van der Waals surface area contributed by atoms with Crippen LogP contribution in [0.3, 0.4) is 0 Å². The van der Waals surface area contributed by atoms with E-state index in [0.717, 1.165) is 12.8 Å². The molecule has 0 spiro atoms. The topological polar surface area (TPSA) is 86.7 Å². The molecule has 0 atom stereocenters. The SMILES string of the molecule is CC(=O)NCC1CCN(C(=O)CCCC(=O)O)CC1. The maximum absolute atomic E-state index is 11.8. The molecule has 0 aromatic rings. The van der Waals surface area contributed by atoms with Crippen molar-refractivity contribution in [2.75, 3.05) is 19.6 Å². The van der Waals surface area contributed by atoms with Gasteiger partial charge in [0.1, 0.15) is 0 Å². The summed E-state index contributed by atoms with van der Waals surface area (Å²) < 4.78 is 0. The summed E-state index contributed by atoms with van der Waals surface area (Å²) in [6.07, 6.45) is 2.54. The summed E-state index contributed by atoms with van der Waals surface area (Å²) in [7, 11) is 0. The van der Waals surface area contributed by atoms with Crippen molar-refractivity contribution in [1.82, 2.24) is 10.2 Å². The van der Waals surface area contributed by atoms with E-state index in [1.807, 2.05) is 0 Å². The van der Waals surface area contributed by atoms with Crippen LogP contribution in [0.4, 0.5) is 0 Å². The highest BCUT2D eigenvalue weighted by molar-refractivity contribution is 5.77. The van der Waals surface area contributed by atoms with E-state index in [4.69, 9.17) is 5.11 Å². The molecule has 0 aromatic heterocycles. The molecule has 0 radical (unpaired) electrons. The number of carboxylic acid groups (broad SMARTS) is 1. The molecule has 0 unspecified atom stereocenters. The lowest BCUT2D eigenvalue weighted by Gasteiger charge is -2.32. The van der Waals surface area contributed by atoms with E-state index in [9.17, 15) is 14.4 Å². The number of rotatable bonds is 6. The minimum atomic E-state index is -0.859. The fourth-order valence-corrected chi connectivity index (χ4v) is 2.22.